The molecule has 0 spiro atoms. The number of carbonyl (C=O) groups excluding carboxylic acids is 2. The van der Waals surface area contributed by atoms with Crippen LogP contribution in [-0.2, 0) is 20.8 Å². The zero-order valence-corrected chi connectivity index (χ0v) is 20.0. The highest BCUT2D eigenvalue weighted by atomic mass is 35.5. The van der Waals surface area contributed by atoms with E-state index in [1.165, 1.54) is 19.2 Å². The molecule has 0 saturated carbocycles. The summed E-state index contributed by atoms with van der Waals surface area (Å²) in [4.78, 5) is 28.2. The van der Waals surface area contributed by atoms with Crippen LogP contribution >= 0.6 is 11.6 Å². The molecule has 32 heavy (non-hydrogen) atoms. The molecule has 1 aromatic carbocycles. The Morgan fingerprint density at radius 1 is 1.19 bits per heavy atom. The molecule has 2 amide bonds. The van der Waals surface area contributed by atoms with E-state index in [1.54, 1.807) is 30.6 Å². The number of halogens is 2. The zero-order chi connectivity index (χ0) is 23.9. The first-order chi connectivity index (χ1) is 15.1. The minimum atomic E-state index is -0.625. The quantitative estimate of drug-likeness (QED) is 0.542. The fourth-order valence-electron chi connectivity index (χ4n) is 3.20. The largest absolute Gasteiger partial charge is 0.491 e. The van der Waals surface area contributed by atoms with E-state index in [9.17, 15) is 14.0 Å². The molecule has 10 heteroatoms. The Morgan fingerprint density at radius 2 is 1.91 bits per heavy atom. The molecule has 0 radical (unpaired) electrons. The van der Waals surface area contributed by atoms with Gasteiger partial charge >= 0.3 is 12.2 Å². The highest BCUT2D eigenvalue weighted by Gasteiger charge is 2.34. The lowest BCUT2D eigenvalue weighted by molar-refractivity contribution is 0.000634. The van der Waals surface area contributed by atoms with Crippen molar-refractivity contribution in [1.82, 2.24) is 9.80 Å². The van der Waals surface area contributed by atoms with E-state index in [4.69, 9.17) is 30.5 Å². The SMILES string of the molecule is CC[C@@H]1CN(C(=O)OC(C)(C)C)CCN1C(=O)OCc1c(F)cc(OCCOC)cc1Cl. The molecule has 1 aromatic rings. The van der Waals surface area contributed by atoms with Crippen molar-refractivity contribution in [3.8, 4) is 5.75 Å². The molecule has 0 unspecified atom stereocenters. The molecule has 1 fully saturated rings. The van der Waals surface area contributed by atoms with Crippen LogP contribution in [0, 0.1) is 5.82 Å². The molecule has 1 heterocycles. The van der Waals surface area contributed by atoms with Gasteiger partial charge in [-0.3, -0.25) is 0 Å². The van der Waals surface area contributed by atoms with Gasteiger partial charge in [0.25, 0.3) is 0 Å². The summed E-state index contributed by atoms with van der Waals surface area (Å²) >= 11 is 6.17. The number of methoxy groups -OCH3 is 1. The van der Waals surface area contributed by atoms with Crippen molar-refractivity contribution in [3.63, 3.8) is 0 Å². The molecule has 1 atom stereocenters. The number of nitrogens with zero attached hydrogens (tertiary/aromatic N) is 2. The number of benzene rings is 1. The van der Waals surface area contributed by atoms with Crippen molar-refractivity contribution in [3.05, 3.63) is 28.5 Å². The van der Waals surface area contributed by atoms with Gasteiger partial charge < -0.3 is 28.7 Å². The summed E-state index contributed by atoms with van der Waals surface area (Å²) in [7, 11) is 1.54. The molecule has 1 saturated heterocycles. The number of hydrogen-bond donors (Lipinski definition) is 0. The van der Waals surface area contributed by atoms with Crippen LogP contribution in [0.5, 0.6) is 5.75 Å². The zero-order valence-electron chi connectivity index (χ0n) is 19.3. The molecular formula is C22H32ClFN2O6. The Kier molecular flexibility index (Phi) is 9.39. The number of piperazine rings is 1. The lowest BCUT2D eigenvalue weighted by atomic mass is 10.1. The van der Waals surface area contributed by atoms with Crippen LogP contribution in [0.3, 0.4) is 0 Å². The second kappa shape index (κ2) is 11.6. The van der Waals surface area contributed by atoms with Gasteiger partial charge in [-0.1, -0.05) is 18.5 Å². The van der Waals surface area contributed by atoms with Crippen LogP contribution in [0.15, 0.2) is 12.1 Å². The predicted octanol–water partition coefficient (Wildman–Crippen LogP) is 4.47. The molecule has 0 aromatic heterocycles. The van der Waals surface area contributed by atoms with E-state index in [0.29, 0.717) is 32.7 Å². The summed E-state index contributed by atoms with van der Waals surface area (Å²) in [5, 5.41) is 0.104. The maximum atomic E-state index is 14.5. The third kappa shape index (κ3) is 7.41. The van der Waals surface area contributed by atoms with Gasteiger partial charge in [0.2, 0.25) is 0 Å². The standard InChI is InChI=1S/C22H32ClFN2O6/c1-6-15-13-25(20(27)32-22(2,3)4)7-8-26(15)21(28)31-14-17-18(23)11-16(12-19(17)24)30-10-9-29-5/h11-12,15H,6-10,13-14H2,1-5H3/t15-/m1/s1. The predicted molar refractivity (Wildman–Crippen MR) is 118 cm³/mol. The molecule has 1 aliphatic heterocycles. The van der Waals surface area contributed by atoms with Gasteiger partial charge in [-0.2, -0.15) is 0 Å². The molecule has 1 aliphatic rings. The summed E-state index contributed by atoms with van der Waals surface area (Å²) in [5.74, 6) is -0.358. The average Bonchev–Trinajstić information content (AvgIpc) is 2.71. The van der Waals surface area contributed by atoms with Gasteiger partial charge in [-0.05, 0) is 33.3 Å². The Hall–Kier alpha value is -2.26. The molecule has 2 rings (SSSR count). The van der Waals surface area contributed by atoms with Gasteiger partial charge in [0, 0.05) is 38.4 Å². The van der Waals surface area contributed by atoms with Crippen LogP contribution in [0.1, 0.15) is 39.7 Å². The Balaban J connectivity index is 1.96. The summed E-state index contributed by atoms with van der Waals surface area (Å²) in [6, 6.07) is 2.43. The molecule has 0 aliphatic carbocycles. The first-order valence-electron chi connectivity index (χ1n) is 10.6. The molecule has 0 bridgehead atoms. The Labute approximate surface area is 193 Å². The van der Waals surface area contributed by atoms with Crippen LogP contribution in [0.4, 0.5) is 14.0 Å². The van der Waals surface area contributed by atoms with Gasteiger partial charge in [0.1, 0.15) is 30.4 Å². The highest BCUT2D eigenvalue weighted by Crippen LogP contribution is 2.27. The normalized spacial score (nSPS) is 16.7. The third-order valence-corrected chi connectivity index (χ3v) is 5.19. The number of hydrogen-bond acceptors (Lipinski definition) is 6. The molecule has 8 nitrogen and oxygen atoms in total. The first-order valence-corrected chi connectivity index (χ1v) is 10.9. The maximum absolute atomic E-state index is 14.5. The van der Waals surface area contributed by atoms with Crippen LogP contribution < -0.4 is 4.74 Å². The molecule has 0 N–H and O–H groups in total. The maximum Gasteiger partial charge on any atom is 0.410 e. The van der Waals surface area contributed by atoms with Gasteiger partial charge in [0.05, 0.1) is 17.7 Å². The number of amides is 2. The Bertz CT molecular complexity index is 778. The van der Waals surface area contributed by atoms with E-state index >= 15 is 0 Å². The van der Waals surface area contributed by atoms with E-state index in [2.05, 4.69) is 0 Å². The number of rotatable bonds is 7. The van der Waals surface area contributed by atoms with Gasteiger partial charge in [0.15, 0.2) is 0 Å². The fraction of sp³-hybridized carbons (Fsp3) is 0.636. The summed E-state index contributed by atoms with van der Waals surface area (Å²) < 4.78 is 35.5. The average molecular weight is 475 g/mol. The van der Waals surface area contributed by atoms with Gasteiger partial charge in [-0.25, -0.2) is 14.0 Å². The van der Waals surface area contributed by atoms with Crippen molar-refractivity contribution in [2.75, 3.05) is 40.0 Å². The van der Waals surface area contributed by atoms with E-state index in [1.807, 2.05) is 6.92 Å². The third-order valence-electron chi connectivity index (χ3n) is 4.85. The summed E-state index contributed by atoms with van der Waals surface area (Å²) in [6.45, 7) is 8.58. The number of carbonyl (C=O) groups is 2. The van der Waals surface area contributed by atoms with E-state index in [-0.39, 0.29) is 35.6 Å². The minimum Gasteiger partial charge on any atom is -0.491 e. The van der Waals surface area contributed by atoms with Crippen LogP contribution in [-0.4, -0.2) is 73.6 Å². The highest BCUT2D eigenvalue weighted by molar-refractivity contribution is 6.31. The fourth-order valence-corrected chi connectivity index (χ4v) is 3.45. The van der Waals surface area contributed by atoms with Crippen molar-refractivity contribution in [2.24, 2.45) is 0 Å². The molecule has 180 valence electrons. The molecular weight excluding hydrogens is 443 g/mol. The van der Waals surface area contributed by atoms with Crippen LogP contribution in [0.2, 0.25) is 5.02 Å². The topological polar surface area (TPSA) is 77.5 Å². The lowest BCUT2D eigenvalue weighted by Crippen LogP contribution is -2.57. The summed E-state index contributed by atoms with van der Waals surface area (Å²) in [6.07, 6.45) is -0.376. The number of ether oxygens (including phenoxy) is 4. The van der Waals surface area contributed by atoms with Crippen molar-refractivity contribution in [1.29, 1.82) is 0 Å². The monoisotopic (exact) mass is 474 g/mol. The van der Waals surface area contributed by atoms with E-state index in [0.717, 1.165) is 0 Å². The smallest absolute Gasteiger partial charge is 0.410 e. The summed E-state index contributed by atoms with van der Waals surface area (Å²) in [5.41, 5.74) is -0.526. The minimum absolute atomic E-state index is 0.0690. The second-order valence-corrected chi connectivity index (χ2v) is 8.85. The second-order valence-electron chi connectivity index (χ2n) is 8.44. The Morgan fingerprint density at radius 3 is 2.50 bits per heavy atom. The van der Waals surface area contributed by atoms with Crippen molar-refractivity contribution in [2.45, 2.75) is 52.4 Å². The van der Waals surface area contributed by atoms with Crippen molar-refractivity contribution < 1.29 is 32.9 Å². The van der Waals surface area contributed by atoms with Crippen LogP contribution in [0.25, 0.3) is 0 Å². The first kappa shape index (κ1) is 26.0. The van der Waals surface area contributed by atoms with Crippen molar-refractivity contribution >= 4 is 23.8 Å². The van der Waals surface area contributed by atoms with E-state index < -0.39 is 23.6 Å². The van der Waals surface area contributed by atoms with Gasteiger partial charge in [-0.15, -0.1) is 0 Å². The lowest BCUT2D eigenvalue weighted by Gasteiger charge is -2.40.